The number of carbonyl (C=O) groups excluding carboxylic acids is 2. The fourth-order valence-electron chi connectivity index (χ4n) is 1.99. The molecule has 0 aliphatic carbocycles. The summed E-state index contributed by atoms with van der Waals surface area (Å²) in [6.07, 6.45) is 1.79. The zero-order valence-corrected chi connectivity index (χ0v) is 12.0. The molecule has 2 aromatic rings. The number of carbonyl (C=O) groups is 2. The first-order valence-corrected chi connectivity index (χ1v) is 7.23. The van der Waals surface area contributed by atoms with E-state index in [-0.39, 0.29) is 11.8 Å². The van der Waals surface area contributed by atoms with E-state index < -0.39 is 0 Å². The lowest BCUT2D eigenvalue weighted by molar-refractivity contribution is -0.114. The molecule has 1 aromatic carbocycles. The van der Waals surface area contributed by atoms with Crippen molar-refractivity contribution in [2.24, 2.45) is 0 Å². The van der Waals surface area contributed by atoms with Crippen LogP contribution in [0.1, 0.15) is 21.5 Å². The second-order valence-electron chi connectivity index (χ2n) is 4.07. The van der Waals surface area contributed by atoms with Gasteiger partial charge in [-0.15, -0.1) is 11.3 Å². The molecule has 1 aliphatic heterocycles. The van der Waals surface area contributed by atoms with Gasteiger partial charge in [0.2, 0.25) is 0 Å². The van der Waals surface area contributed by atoms with E-state index in [0.29, 0.717) is 16.7 Å². The number of rotatable bonds is 1. The molecule has 0 atom stereocenters. The van der Waals surface area contributed by atoms with Crippen LogP contribution >= 0.6 is 27.3 Å². The van der Waals surface area contributed by atoms with Crippen LogP contribution in [-0.4, -0.2) is 11.8 Å². The van der Waals surface area contributed by atoms with E-state index in [1.54, 1.807) is 35.6 Å². The third-order valence-corrected chi connectivity index (χ3v) is 4.35. The van der Waals surface area contributed by atoms with Crippen molar-refractivity contribution in [1.82, 2.24) is 5.32 Å². The molecule has 19 heavy (non-hydrogen) atoms. The minimum Gasteiger partial charge on any atom is -0.288 e. The highest BCUT2D eigenvalue weighted by Crippen LogP contribution is 2.28. The van der Waals surface area contributed by atoms with Crippen molar-refractivity contribution < 1.29 is 9.59 Å². The molecule has 3 nitrogen and oxygen atoms in total. The van der Waals surface area contributed by atoms with Gasteiger partial charge in [0.15, 0.2) is 0 Å². The van der Waals surface area contributed by atoms with Gasteiger partial charge in [-0.1, -0.05) is 18.2 Å². The maximum atomic E-state index is 12.0. The van der Waals surface area contributed by atoms with Crippen LogP contribution in [-0.2, 0) is 4.79 Å². The fourth-order valence-corrected chi connectivity index (χ4v) is 3.12. The third kappa shape index (κ3) is 2.27. The molecule has 94 valence electrons. The van der Waals surface area contributed by atoms with Crippen molar-refractivity contribution in [3.8, 4) is 0 Å². The summed E-state index contributed by atoms with van der Waals surface area (Å²) in [7, 11) is 0. The zero-order chi connectivity index (χ0) is 13.4. The highest BCUT2D eigenvalue weighted by atomic mass is 79.9. The summed E-state index contributed by atoms with van der Waals surface area (Å²) < 4.78 is 1.000. The van der Waals surface area contributed by atoms with Gasteiger partial charge in [0.25, 0.3) is 11.8 Å². The topological polar surface area (TPSA) is 46.2 Å². The van der Waals surface area contributed by atoms with E-state index in [1.165, 1.54) is 0 Å². The smallest absolute Gasteiger partial charge is 0.258 e. The Kier molecular flexibility index (Phi) is 3.08. The Morgan fingerprint density at radius 3 is 2.53 bits per heavy atom. The van der Waals surface area contributed by atoms with Crippen molar-refractivity contribution in [1.29, 1.82) is 0 Å². The molecule has 2 amide bonds. The van der Waals surface area contributed by atoms with Crippen LogP contribution in [0.4, 0.5) is 0 Å². The zero-order valence-electron chi connectivity index (χ0n) is 9.64. The Morgan fingerprint density at radius 2 is 1.84 bits per heavy atom. The lowest BCUT2D eigenvalue weighted by Crippen LogP contribution is -2.36. The average Bonchev–Trinajstić information content (AvgIpc) is 2.80. The molecule has 1 aromatic heterocycles. The quantitative estimate of drug-likeness (QED) is 0.642. The highest BCUT2D eigenvalue weighted by Gasteiger charge is 2.26. The molecule has 0 spiro atoms. The van der Waals surface area contributed by atoms with Crippen LogP contribution in [0.15, 0.2) is 39.5 Å². The summed E-state index contributed by atoms with van der Waals surface area (Å²) in [6.45, 7) is 0. The molecule has 0 fully saturated rings. The van der Waals surface area contributed by atoms with Crippen LogP contribution in [0.3, 0.4) is 0 Å². The first-order chi connectivity index (χ1) is 9.15. The number of nitrogens with one attached hydrogen (secondary N) is 1. The van der Waals surface area contributed by atoms with Crippen LogP contribution in [0.2, 0.25) is 0 Å². The Balaban J connectivity index is 2.15. The van der Waals surface area contributed by atoms with Crippen molar-refractivity contribution in [3.63, 3.8) is 0 Å². The van der Waals surface area contributed by atoms with Gasteiger partial charge < -0.3 is 0 Å². The van der Waals surface area contributed by atoms with E-state index in [9.17, 15) is 9.59 Å². The minimum atomic E-state index is -0.356. The van der Waals surface area contributed by atoms with E-state index in [4.69, 9.17) is 0 Å². The van der Waals surface area contributed by atoms with Crippen LogP contribution in [0.5, 0.6) is 0 Å². The second-order valence-corrected chi connectivity index (χ2v) is 6.36. The first-order valence-electron chi connectivity index (χ1n) is 5.56. The van der Waals surface area contributed by atoms with Crippen molar-refractivity contribution >= 4 is 50.7 Å². The van der Waals surface area contributed by atoms with Crippen molar-refractivity contribution in [2.75, 3.05) is 0 Å². The normalized spacial score (nSPS) is 16.4. The van der Waals surface area contributed by atoms with Crippen molar-refractivity contribution in [3.05, 3.63) is 56.2 Å². The average molecular weight is 334 g/mol. The minimum absolute atomic E-state index is 0.343. The summed E-state index contributed by atoms with van der Waals surface area (Å²) in [6, 6.07) is 9.05. The van der Waals surface area contributed by atoms with E-state index in [0.717, 1.165) is 9.35 Å². The number of hydrogen-bond donors (Lipinski definition) is 1. The first kappa shape index (κ1) is 12.3. The standard InChI is InChI=1S/C14H8BrNO2S/c15-12-6-8(7-19-12)5-11-9-3-1-2-4-10(9)13(17)16-14(11)18/h1-7H,(H,16,17,18). The number of halogens is 1. The molecular formula is C14H8BrNO2S. The monoisotopic (exact) mass is 333 g/mol. The highest BCUT2D eigenvalue weighted by molar-refractivity contribution is 9.11. The number of amides is 2. The van der Waals surface area contributed by atoms with Gasteiger partial charge >= 0.3 is 0 Å². The maximum absolute atomic E-state index is 12.0. The molecular weight excluding hydrogens is 326 g/mol. The summed E-state index contributed by atoms with van der Waals surface area (Å²) >= 11 is 4.94. The lowest BCUT2D eigenvalue weighted by Gasteiger charge is -2.17. The number of thiophene rings is 1. The summed E-state index contributed by atoms with van der Waals surface area (Å²) in [5.41, 5.74) is 2.66. The second kappa shape index (κ2) is 4.75. The Morgan fingerprint density at radius 1 is 1.11 bits per heavy atom. The van der Waals surface area contributed by atoms with Gasteiger partial charge in [-0.25, -0.2) is 0 Å². The lowest BCUT2D eigenvalue weighted by atomic mass is 9.94. The SMILES string of the molecule is O=C1NC(=O)c2ccccc2C1=Cc1csc(Br)c1. The molecule has 1 N–H and O–H groups in total. The molecule has 1 aliphatic rings. The van der Waals surface area contributed by atoms with Gasteiger partial charge in [-0.05, 0) is 50.6 Å². The largest absolute Gasteiger partial charge is 0.288 e. The molecule has 0 saturated heterocycles. The van der Waals surface area contributed by atoms with Gasteiger partial charge in [-0.2, -0.15) is 0 Å². The van der Waals surface area contributed by atoms with Crippen LogP contribution < -0.4 is 5.32 Å². The molecule has 0 radical (unpaired) electrons. The van der Waals surface area contributed by atoms with Crippen LogP contribution in [0.25, 0.3) is 11.6 Å². The van der Waals surface area contributed by atoms with Gasteiger partial charge in [-0.3, -0.25) is 14.9 Å². The molecule has 0 saturated carbocycles. The number of benzene rings is 1. The molecule has 5 heteroatoms. The molecule has 2 heterocycles. The van der Waals surface area contributed by atoms with E-state index >= 15 is 0 Å². The molecule has 0 bridgehead atoms. The third-order valence-electron chi connectivity index (χ3n) is 2.83. The summed E-state index contributed by atoms with van der Waals surface area (Å²) in [5, 5.41) is 4.31. The summed E-state index contributed by atoms with van der Waals surface area (Å²) in [5.74, 6) is -0.699. The van der Waals surface area contributed by atoms with E-state index in [2.05, 4.69) is 21.2 Å². The van der Waals surface area contributed by atoms with Crippen LogP contribution in [0, 0.1) is 0 Å². The Hall–Kier alpha value is -1.72. The van der Waals surface area contributed by atoms with Crippen molar-refractivity contribution in [2.45, 2.75) is 0 Å². The number of imide groups is 1. The van der Waals surface area contributed by atoms with Gasteiger partial charge in [0, 0.05) is 11.1 Å². The molecule has 0 unspecified atom stereocenters. The van der Waals surface area contributed by atoms with E-state index in [1.807, 2.05) is 17.5 Å². The predicted octanol–water partition coefficient (Wildman–Crippen LogP) is 3.32. The fraction of sp³-hybridized carbons (Fsp3) is 0. The Bertz CT molecular complexity index is 718. The Labute approximate surface area is 122 Å². The number of fused-ring (bicyclic) bond motifs is 1. The predicted molar refractivity (Wildman–Crippen MR) is 78.8 cm³/mol. The maximum Gasteiger partial charge on any atom is 0.258 e. The summed E-state index contributed by atoms with van der Waals surface area (Å²) in [4.78, 5) is 23.7. The number of hydrogen-bond acceptors (Lipinski definition) is 3. The van der Waals surface area contributed by atoms with Gasteiger partial charge in [0.05, 0.1) is 3.79 Å². The van der Waals surface area contributed by atoms with Gasteiger partial charge in [0.1, 0.15) is 0 Å². The molecule has 3 rings (SSSR count).